The minimum atomic E-state index is -0.932. The van der Waals surface area contributed by atoms with E-state index in [1.807, 2.05) is 6.92 Å². The van der Waals surface area contributed by atoms with Gasteiger partial charge >= 0.3 is 5.97 Å². The van der Waals surface area contributed by atoms with Crippen LogP contribution in [0, 0.1) is 12.8 Å². The summed E-state index contributed by atoms with van der Waals surface area (Å²) in [7, 11) is 0. The Morgan fingerprint density at radius 1 is 1.36 bits per heavy atom. The van der Waals surface area contributed by atoms with Gasteiger partial charge in [-0.3, -0.25) is 14.4 Å². The summed E-state index contributed by atoms with van der Waals surface area (Å²) in [5.41, 5.74) is 1.45. The molecule has 2 rings (SSSR count). The lowest BCUT2D eigenvalue weighted by molar-refractivity contribution is -0.159. The first-order valence-corrected chi connectivity index (χ1v) is 8.68. The van der Waals surface area contributed by atoms with Crippen LogP contribution in [-0.4, -0.2) is 41.9 Å². The number of rotatable bonds is 4. The number of nitrogens with zero attached hydrogens (tertiary/aromatic N) is 1. The molecule has 0 bridgehead atoms. The summed E-state index contributed by atoms with van der Waals surface area (Å²) in [5, 5.41) is 3.23. The van der Waals surface area contributed by atoms with Crippen molar-refractivity contribution in [2.45, 2.75) is 39.7 Å². The van der Waals surface area contributed by atoms with Gasteiger partial charge in [-0.15, -0.1) is 0 Å². The third kappa shape index (κ3) is 5.19. The Morgan fingerprint density at radius 2 is 2.08 bits per heavy atom. The van der Waals surface area contributed by atoms with E-state index in [2.05, 4.69) is 5.32 Å². The van der Waals surface area contributed by atoms with Gasteiger partial charge in [0.05, 0.1) is 5.92 Å². The number of ether oxygens (including phenoxy) is 1. The molecule has 0 aliphatic carbocycles. The van der Waals surface area contributed by atoms with Crippen molar-refractivity contribution in [3.8, 4) is 0 Å². The number of benzene rings is 1. The second-order valence-corrected chi connectivity index (χ2v) is 6.77. The smallest absolute Gasteiger partial charge is 0.311 e. The van der Waals surface area contributed by atoms with Crippen molar-refractivity contribution in [1.29, 1.82) is 0 Å². The first-order chi connectivity index (χ1) is 11.8. The first-order valence-electron chi connectivity index (χ1n) is 8.31. The second-order valence-electron chi connectivity index (χ2n) is 6.33. The summed E-state index contributed by atoms with van der Waals surface area (Å²) in [6.45, 7) is 5.86. The van der Waals surface area contributed by atoms with E-state index >= 15 is 0 Å². The van der Waals surface area contributed by atoms with Gasteiger partial charge in [0.25, 0.3) is 5.91 Å². The number of carbonyl (C=O) groups is 3. The highest BCUT2D eigenvalue weighted by molar-refractivity contribution is 6.31. The van der Waals surface area contributed by atoms with Crippen LogP contribution in [0.2, 0.25) is 5.02 Å². The van der Waals surface area contributed by atoms with E-state index in [-0.39, 0.29) is 11.8 Å². The van der Waals surface area contributed by atoms with Gasteiger partial charge in [-0.25, -0.2) is 0 Å². The Bertz CT molecular complexity index is 677. The zero-order chi connectivity index (χ0) is 18.6. The van der Waals surface area contributed by atoms with Crippen LogP contribution >= 0.6 is 11.6 Å². The summed E-state index contributed by atoms with van der Waals surface area (Å²) in [4.78, 5) is 37.7. The van der Waals surface area contributed by atoms with Crippen molar-refractivity contribution in [2.75, 3.05) is 18.4 Å². The molecule has 0 saturated carbocycles. The fourth-order valence-electron chi connectivity index (χ4n) is 2.74. The van der Waals surface area contributed by atoms with Crippen molar-refractivity contribution in [3.63, 3.8) is 0 Å². The summed E-state index contributed by atoms with van der Waals surface area (Å²) >= 11 is 5.94. The van der Waals surface area contributed by atoms with Gasteiger partial charge in [-0.05, 0) is 44.4 Å². The van der Waals surface area contributed by atoms with Crippen molar-refractivity contribution in [2.24, 2.45) is 5.92 Å². The zero-order valence-corrected chi connectivity index (χ0v) is 15.4. The molecular formula is C18H23ClN2O4. The van der Waals surface area contributed by atoms with E-state index in [0.29, 0.717) is 30.2 Å². The molecule has 0 aromatic heterocycles. The highest BCUT2D eigenvalue weighted by Gasteiger charge is 2.30. The average Bonchev–Trinajstić information content (AvgIpc) is 2.58. The van der Waals surface area contributed by atoms with E-state index in [1.165, 1.54) is 13.8 Å². The van der Waals surface area contributed by atoms with Gasteiger partial charge in [0.1, 0.15) is 0 Å². The van der Waals surface area contributed by atoms with Crippen molar-refractivity contribution >= 4 is 35.1 Å². The molecule has 2 atom stereocenters. The van der Waals surface area contributed by atoms with Crippen molar-refractivity contribution in [3.05, 3.63) is 28.8 Å². The molecule has 1 heterocycles. The number of halogens is 1. The van der Waals surface area contributed by atoms with Crippen molar-refractivity contribution < 1.29 is 19.1 Å². The highest BCUT2D eigenvalue weighted by Crippen LogP contribution is 2.21. The Hall–Kier alpha value is -2.08. The van der Waals surface area contributed by atoms with Crippen LogP contribution in [0.15, 0.2) is 18.2 Å². The molecule has 2 amide bonds. The predicted octanol–water partition coefficient (Wildman–Crippen LogP) is 2.78. The zero-order valence-electron chi connectivity index (χ0n) is 14.7. The molecule has 1 N–H and O–H groups in total. The minimum Gasteiger partial charge on any atom is -0.452 e. The van der Waals surface area contributed by atoms with Gasteiger partial charge < -0.3 is 15.0 Å². The lowest BCUT2D eigenvalue weighted by Crippen LogP contribution is -2.43. The van der Waals surface area contributed by atoms with Crippen LogP contribution in [0.3, 0.4) is 0 Å². The van der Waals surface area contributed by atoms with Crippen LogP contribution in [-0.2, 0) is 19.1 Å². The lowest BCUT2D eigenvalue weighted by Gasteiger charge is -2.31. The molecule has 1 fully saturated rings. The number of hydrogen-bond acceptors (Lipinski definition) is 4. The van der Waals surface area contributed by atoms with Gasteiger partial charge in [-0.1, -0.05) is 17.7 Å². The fraction of sp³-hybridized carbons (Fsp3) is 0.500. The summed E-state index contributed by atoms with van der Waals surface area (Å²) in [6.07, 6.45) is 0.477. The molecular weight excluding hydrogens is 344 g/mol. The quantitative estimate of drug-likeness (QED) is 0.831. The molecule has 0 radical (unpaired) electrons. The maximum atomic E-state index is 12.3. The Balaban J connectivity index is 1.93. The van der Waals surface area contributed by atoms with E-state index in [1.54, 1.807) is 23.1 Å². The van der Waals surface area contributed by atoms with Crippen molar-refractivity contribution in [1.82, 2.24) is 4.90 Å². The second kappa shape index (κ2) is 8.34. The predicted molar refractivity (Wildman–Crippen MR) is 95.4 cm³/mol. The molecule has 0 spiro atoms. The largest absolute Gasteiger partial charge is 0.452 e. The normalized spacial score (nSPS) is 18.4. The molecule has 7 heteroatoms. The molecule has 1 saturated heterocycles. The van der Waals surface area contributed by atoms with Gasteiger partial charge in [-0.2, -0.15) is 0 Å². The number of anilines is 1. The fourth-order valence-corrected chi connectivity index (χ4v) is 2.91. The lowest BCUT2D eigenvalue weighted by atomic mass is 9.98. The molecule has 1 aromatic carbocycles. The molecule has 25 heavy (non-hydrogen) atoms. The monoisotopic (exact) mass is 366 g/mol. The van der Waals surface area contributed by atoms with Crippen LogP contribution in [0.1, 0.15) is 32.3 Å². The van der Waals surface area contributed by atoms with E-state index in [4.69, 9.17) is 16.3 Å². The summed E-state index contributed by atoms with van der Waals surface area (Å²) in [6, 6.07) is 5.18. The molecule has 1 aliphatic rings. The Kier molecular flexibility index (Phi) is 6.42. The number of nitrogens with one attached hydrogen (secondary N) is 1. The summed E-state index contributed by atoms with van der Waals surface area (Å²) < 4.78 is 5.30. The van der Waals surface area contributed by atoms with Crippen LogP contribution in [0.4, 0.5) is 5.69 Å². The molecule has 1 aliphatic heterocycles. The van der Waals surface area contributed by atoms with E-state index in [0.717, 1.165) is 12.0 Å². The first kappa shape index (κ1) is 19.2. The molecule has 0 unspecified atom stereocenters. The SMILES string of the molecule is CC(=O)N1CCC[C@H](C(=O)O[C@@H](C)C(=O)Nc2cc(Cl)ccc2C)C1. The third-order valence-corrected chi connectivity index (χ3v) is 4.55. The number of esters is 1. The summed E-state index contributed by atoms with van der Waals surface area (Å²) in [5.74, 6) is -1.31. The number of piperidine rings is 1. The number of hydrogen-bond donors (Lipinski definition) is 1. The highest BCUT2D eigenvalue weighted by atomic mass is 35.5. The Labute approximate surface area is 152 Å². The topological polar surface area (TPSA) is 75.7 Å². The number of amides is 2. The van der Waals surface area contributed by atoms with Crippen LogP contribution in [0.25, 0.3) is 0 Å². The van der Waals surface area contributed by atoms with Crippen LogP contribution in [0.5, 0.6) is 0 Å². The van der Waals surface area contributed by atoms with Gasteiger partial charge in [0.2, 0.25) is 5.91 Å². The molecule has 6 nitrogen and oxygen atoms in total. The maximum absolute atomic E-state index is 12.3. The molecule has 1 aromatic rings. The third-order valence-electron chi connectivity index (χ3n) is 4.32. The maximum Gasteiger partial charge on any atom is 0.311 e. The number of likely N-dealkylation sites (tertiary alicyclic amines) is 1. The van der Waals surface area contributed by atoms with E-state index in [9.17, 15) is 14.4 Å². The number of carbonyl (C=O) groups excluding carboxylic acids is 3. The number of aryl methyl sites for hydroxylation is 1. The minimum absolute atomic E-state index is 0.0558. The Morgan fingerprint density at radius 3 is 2.76 bits per heavy atom. The molecule has 136 valence electrons. The van der Waals surface area contributed by atoms with E-state index < -0.39 is 18.0 Å². The van der Waals surface area contributed by atoms with Crippen LogP contribution < -0.4 is 5.32 Å². The average molecular weight is 367 g/mol. The van der Waals surface area contributed by atoms with Gasteiger partial charge in [0, 0.05) is 30.7 Å². The standard InChI is InChI=1S/C18H23ClN2O4/c1-11-6-7-15(19)9-16(11)20-17(23)12(2)25-18(24)14-5-4-8-21(10-14)13(3)22/h6-7,9,12,14H,4-5,8,10H2,1-3H3,(H,20,23)/t12-,14-/m0/s1. The van der Waals surface area contributed by atoms with Gasteiger partial charge in [0.15, 0.2) is 6.10 Å².